The van der Waals surface area contributed by atoms with Crippen LogP contribution in [-0.2, 0) is 17.7 Å². The first-order valence-electron chi connectivity index (χ1n) is 10.2. The minimum absolute atomic E-state index is 0. The second-order valence-corrected chi connectivity index (χ2v) is 7.15. The quantitative estimate of drug-likeness (QED) is 0.329. The van der Waals surface area contributed by atoms with Gasteiger partial charge in [-0.15, -0.1) is 24.0 Å². The standard InChI is InChI=1S/C22H30FN5O.HI/c1-3-24-22(25-10-9-18-5-4-6-20(23)13-18)27-15-19-7-8-21(26-14-19)28-11-12-29-17(2)16-28;/h4-8,13-14,17H,3,9-12,15-16H2,1-2H3,(H2,24,25,27);1H. The van der Waals surface area contributed by atoms with Crippen LogP contribution in [0, 0.1) is 5.82 Å². The van der Waals surface area contributed by atoms with Gasteiger partial charge < -0.3 is 20.3 Å². The number of benzene rings is 1. The van der Waals surface area contributed by atoms with Crippen LogP contribution < -0.4 is 15.5 Å². The van der Waals surface area contributed by atoms with Gasteiger partial charge in [0.2, 0.25) is 0 Å². The maximum atomic E-state index is 13.3. The molecule has 1 aromatic heterocycles. The molecule has 1 unspecified atom stereocenters. The van der Waals surface area contributed by atoms with Gasteiger partial charge in [-0.25, -0.2) is 14.4 Å². The van der Waals surface area contributed by atoms with Crippen molar-refractivity contribution in [3.05, 3.63) is 59.5 Å². The number of aliphatic imine (C=N–C) groups is 1. The van der Waals surface area contributed by atoms with E-state index in [1.165, 1.54) is 6.07 Å². The number of pyridine rings is 1. The SMILES string of the molecule is CCNC(=NCc1ccc(N2CCOC(C)C2)nc1)NCCc1cccc(F)c1.I. The smallest absolute Gasteiger partial charge is 0.191 e. The van der Waals surface area contributed by atoms with Crippen molar-refractivity contribution in [2.75, 3.05) is 37.7 Å². The van der Waals surface area contributed by atoms with Crippen molar-refractivity contribution in [2.24, 2.45) is 4.99 Å². The van der Waals surface area contributed by atoms with Gasteiger partial charge in [0.05, 0.1) is 19.3 Å². The Hall–Kier alpha value is -1.94. The Balaban J connectivity index is 0.00000320. The first-order chi connectivity index (χ1) is 14.1. The topological polar surface area (TPSA) is 61.8 Å². The first-order valence-corrected chi connectivity index (χ1v) is 10.2. The molecule has 1 aliphatic rings. The third-order valence-corrected chi connectivity index (χ3v) is 4.73. The minimum atomic E-state index is -0.203. The van der Waals surface area contributed by atoms with Crippen LogP contribution in [0.2, 0.25) is 0 Å². The van der Waals surface area contributed by atoms with Crippen molar-refractivity contribution in [3.8, 4) is 0 Å². The van der Waals surface area contributed by atoms with Crippen LogP contribution >= 0.6 is 24.0 Å². The van der Waals surface area contributed by atoms with Gasteiger partial charge >= 0.3 is 0 Å². The van der Waals surface area contributed by atoms with Crippen molar-refractivity contribution in [1.29, 1.82) is 0 Å². The maximum absolute atomic E-state index is 13.3. The number of hydrogen-bond acceptors (Lipinski definition) is 4. The molecule has 2 aromatic rings. The summed E-state index contributed by atoms with van der Waals surface area (Å²) in [5.74, 6) is 1.52. The number of aromatic nitrogens is 1. The highest BCUT2D eigenvalue weighted by Gasteiger charge is 2.17. The molecule has 6 nitrogen and oxygen atoms in total. The molecular formula is C22H31FIN5O. The monoisotopic (exact) mass is 527 g/mol. The fraction of sp³-hybridized carbons (Fsp3) is 0.455. The Bertz CT molecular complexity index is 802. The van der Waals surface area contributed by atoms with Crippen molar-refractivity contribution < 1.29 is 9.13 Å². The minimum Gasteiger partial charge on any atom is -0.375 e. The molecule has 164 valence electrons. The molecule has 1 fully saturated rings. The van der Waals surface area contributed by atoms with E-state index in [1.54, 1.807) is 12.1 Å². The van der Waals surface area contributed by atoms with Gasteiger partial charge in [-0.05, 0) is 49.6 Å². The molecule has 3 rings (SSSR count). The summed E-state index contributed by atoms with van der Waals surface area (Å²) in [6.07, 6.45) is 2.85. The Morgan fingerprint density at radius 1 is 1.27 bits per heavy atom. The summed E-state index contributed by atoms with van der Waals surface area (Å²) < 4.78 is 18.9. The summed E-state index contributed by atoms with van der Waals surface area (Å²) >= 11 is 0. The van der Waals surface area contributed by atoms with Crippen LogP contribution in [0.25, 0.3) is 0 Å². The molecule has 0 spiro atoms. The van der Waals surface area contributed by atoms with Crippen LogP contribution in [-0.4, -0.2) is 49.8 Å². The van der Waals surface area contributed by atoms with E-state index in [9.17, 15) is 4.39 Å². The molecule has 0 radical (unpaired) electrons. The van der Waals surface area contributed by atoms with Gasteiger partial charge in [0.25, 0.3) is 0 Å². The van der Waals surface area contributed by atoms with Crippen LogP contribution in [0.5, 0.6) is 0 Å². The van der Waals surface area contributed by atoms with Gasteiger partial charge in [0.1, 0.15) is 11.6 Å². The summed E-state index contributed by atoms with van der Waals surface area (Å²) in [6, 6.07) is 10.8. The molecule has 1 aromatic carbocycles. The molecule has 1 aliphatic heterocycles. The Morgan fingerprint density at radius 2 is 2.13 bits per heavy atom. The lowest BCUT2D eigenvalue weighted by Crippen LogP contribution is -2.41. The van der Waals surface area contributed by atoms with Gasteiger partial charge in [-0.1, -0.05) is 18.2 Å². The molecule has 1 atom stereocenters. The second kappa shape index (κ2) is 12.7. The van der Waals surface area contributed by atoms with E-state index in [0.29, 0.717) is 13.1 Å². The van der Waals surface area contributed by atoms with E-state index in [-0.39, 0.29) is 35.9 Å². The van der Waals surface area contributed by atoms with E-state index in [4.69, 9.17) is 4.74 Å². The average molecular weight is 527 g/mol. The lowest BCUT2D eigenvalue weighted by Gasteiger charge is -2.32. The summed E-state index contributed by atoms with van der Waals surface area (Å²) in [4.78, 5) is 11.5. The number of guanidine groups is 1. The van der Waals surface area contributed by atoms with Crippen LogP contribution in [0.15, 0.2) is 47.6 Å². The third-order valence-electron chi connectivity index (χ3n) is 4.73. The number of nitrogens with zero attached hydrogens (tertiary/aromatic N) is 3. The number of rotatable bonds is 7. The second-order valence-electron chi connectivity index (χ2n) is 7.15. The van der Waals surface area contributed by atoms with Crippen LogP contribution in [0.4, 0.5) is 10.2 Å². The highest BCUT2D eigenvalue weighted by molar-refractivity contribution is 14.0. The van der Waals surface area contributed by atoms with Crippen molar-refractivity contribution in [2.45, 2.75) is 32.9 Å². The zero-order valence-corrected chi connectivity index (χ0v) is 19.9. The zero-order chi connectivity index (χ0) is 20.5. The lowest BCUT2D eigenvalue weighted by molar-refractivity contribution is 0.0529. The molecule has 2 N–H and O–H groups in total. The van der Waals surface area contributed by atoms with Gasteiger partial charge in [-0.2, -0.15) is 0 Å². The molecule has 1 saturated heterocycles. The van der Waals surface area contributed by atoms with Gasteiger partial charge in [0.15, 0.2) is 5.96 Å². The molecule has 0 aliphatic carbocycles. The number of halogens is 2. The number of nitrogens with one attached hydrogen (secondary N) is 2. The highest BCUT2D eigenvalue weighted by atomic mass is 127. The van der Waals surface area contributed by atoms with Crippen LogP contribution in [0.3, 0.4) is 0 Å². The Labute approximate surface area is 195 Å². The third kappa shape index (κ3) is 7.71. The normalized spacial score (nSPS) is 16.7. The van der Waals surface area contributed by atoms with E-state index in [1.807, 2.05) is 25.3 Å². The molecule has 8 heteroatoms. The van der Waals surface area contributed by atoms with Gasteiger partial charge in [0, 0.05) is 32.4 Å². The zero-order valence-electron chi connectivity index (χ0n) is 17.6. The number of ether oxygens (including phenoxy) is 1. The number of hydrogen-bond donors (Lipinski definition) is 2. The Kier molecular flexibility index (Phi) is 10.3. The predicted octanol–water partition coefficient (Wildman–Crippen LogP) is 3.36. The molecule has 2 heterocycles. The summed E-state index contributed by atoms with van der Waals surface area (Å²) in [5, 5.41) is 6.54. The first kappa shape index (κ1) is 24.3. The lowest BCUT2D eigenvalue weighted by atomic mass is 10.1. The fourth-order valence-electron chi connectivity index (χ4n) is 3.25. The molecular weight excluding hydrogens is 496 g/mol. The molecule has 0 saturated carbocycles. The van der Waals surface area contributed by atoms with Crippen molar-refractivity contribution in [3.63, 3.8) is 0 Å². The van der Waals surface area contributed by atoms with Crippen molar-refractivity contribution in [1.82, 2.24) is 15.6 Å². The summed E-state index contributed by atoms with van der Waals surface area (Å²) in [5.41, 5.74) is 2.02. The van der Waals surface area contributed by atoms with Crippen LogP contribution in [0.1, 0.15) is 25.0 Å². The number of morpholine rings is 1. The van der Waals surface area contributed by atoms with E-state index in [2.05, 4.69) is 38.5 Å². The number of anilines is 1. The average Bonchev–Trinajstić information content (AvgIpc) is 2.72. The molecule has 30 heavy (non-hydrogen) atoms. The van der Waals surface area contributed by atoms with Gasteiger partial charge in [-0.3, -0.25) is 0 Å². The Morgan fingerprint density at radius 3 is 2.83 bits per heavy atom. The summed E-state index contributed by atoms with van der Waals surface area (Å²) in [7, 11) is 0. The van der Waals surface area contributed by atoms with E-state index in [0.717, 1.165) is 55.6 Å². The van der Waals surface area contributed by atoms with E-state index >= 15 is 0 Å². The van der Waals surface area contributed by atoms with E-state index < -0.39 is 0 Å². The predicted molar refractivity (Wildman–Crippen MR) is 130 cm³/mol. The maximum Gasteiger partial charge on any atom is 0.191 e. The fourth-order valence-corrected chi connectivity index (χ4v) is 3.25. The largest absolute Gasteiger partial charge is 0.375 e. The van der Waals surface area contributed by atoms with Crippen molar-refractivity contribution >= 4 is 35.8 Å². The highest BCUT2D eigenvalue weighted by Crippen LogP contribution is 2.15. The molecule has 0 amide bonds. The molecule has 0 bridgehead atoms. The summed E-state index contributed by atoms with van der Waals surface area (Å²) in [6.45, 7) is 8.59.